The van der Waals surface area contributed by atoms with Gasteiger partial charge in [-0.3, -0.25) is 0 Å². The van der Waals surface area contributed by atoms with Crippen molar-refractivity contribution < 1.29 is 39.9 Å². The van der Waals surface area contributed by atoms with E-state index in [4.69, 9.17) is 13.6 Å². The summed E-state index contributed by atoms with van der Waals surface area (Å²) in [5.74, 6) is -4.30. The molecule has 0 atom stereocenters. The Morgan fingerprint density at radius 3 is 1.58 bits per heavy atom. The second kappa shape index (κ2) is 5.72. The predicted octanol–water partition coefficient (Wildman–Crippen LogP) is 5.79. The Bertz CT molecular complexity index is 604. The molecule has 136 valence electrons. The standard InChI is InChI=1S/C14H15F6O3P/c1-3-24(4-2,21-10-8-6-5-7-9-10)22-11(13(15,16)17)12(23-24)14(18,19)20/h5-9H,3-4H2,1-2H3. The van der Waals surface area contributed by atoms with Crippen LogP contribution in [0.5, 0.6) is 5.75 Å². The second-order valence-electron chi connectivity index (χ2n) is 5.09. The van der Waals surface area contributed by atoms with Gasteiger partial charge in [0, 0.05) is 0 Å². The van der Waals surface area contributed by atoms with Gasteiger partial charge in [-0.1, -0.05) is 0 Å². The Labute approximate surface area is 134 Å². The summed E-state index contributed by atoms with van der Waals surface area (Å²) in [6.07, 6.45) is -11.3. The number of alkyl halides is 6. The first-order valence-corrected chi connectivity index (χ1v) is 9.36. The molecule has 0 unspecified atom stereocenters. The molecular formula is C14H15F6O3P. The summed E-state index contributed by atoms with van der Waals surface area (Å²) in [6.45, 7) is 2.75. The number of hydrogen-bond donors (Lipinski definition) is 0. The van der Waals surface area contributed by atoms with Gasteiger partial charge in [0.15, 0.2) is 0 Å². The summed E-state index contributed by atoms with van der Waals surface area (Å²) in [5.41, 5.74) is 0. The summed E-state index contributed by atoms with van der Waals surface area (Å²) in [7, 11) is -4.72. The number of halogens is 6. The number of para-hydroxylation sites is 1. The van der Waals surface area contributed by atoms with Crippen LogP contribution in [0.25, 0.3) is 0 Å². The zero-order valence-corrected chi connectivity index (χ0v) is 13.6. The van der Waals surface area contributed by atoms with Gasteiger partial charge < -0.3 is 0 Å². The molecule has 2 rings (SSSR count). The fourth-order valence-electron chi connectivity index (χ4n) is 2.23. The van der Waals surface area contributed by atoms with Crippen LogP contribution < -0.4 is 4.52 Å². The molecule has 0 spiro atoms. The minimum absolute atomic E-state index is 0.0730. The van der Waals surface area contributed by atoms with Gasteiger partial charge in [-0.25, -0.2) is 0 Å². The molecule has 0 saturated heterocycles. The molecule has 0 fully saturated rings. The maximum absolute atomic E-state index is 13.1. The molecule has 0 N–H and O–H groups in total. The number of benzene rings is 1. The van der Waals surface area contributed by atoms with Gasteiger partial charge in [0.05, 0.1) is 0 Å². The molecule has 0 saturated carbocycles. The van der Waals surface area contributed by atoms with Crippen LogP contribution in [0.3, 0.4) is 0 Å². The van der Waals surface area contributed by atoms with E-state index in [9.17, 15) is 26.3 Å². The van der Waals surface area contributed by atoms with Crippen molar-refractivity contribution in [3.63, 3.8) is 0 Å². The molecule has 3 nitrogen and oxygen atoms in total. The molecule has 0 bridgehead atoms. The van der Waals surface area contributed by atoms with Crippen LogP contribution in [0, 0.1) is 0 Å². The van der Waals surface area contributed by atoms with Gasteiger partial charge in [0.1, 0.15) is 0 Å². The van der Waals surface area contributed by atoms with Gasteiger partial charge in [-0.05, 0) is 0 Å². The molecule has 0 aromatic heterocycles. The molecular weight excluding hydrogens is 361 g/mol. The molecule has 0 amide bonds. The number of allylic oxidation sites excluding steroid dienone is 2. The van der Waals surface area contributed by atoms with E-state index in [1.807, 2.05) is 0 Å². The Hall–Kier alpha value is -1.63. The third kappa shape index (κ3) is 3.27. The third-order valence-corrected chi connectivity index (χ3v) is 7.83. The Kier molecular flexibility index (Phi) is 4.46. The van der Waals surface area contributed by atoms with E-state index in [1.165, 1.54) is 38.1 Å². The quantitative estimate of drug-likeness (QED) is 0.492. The van der Waals surface area contributed by atoms with Crippen LogP contribution in [-0.4, -0.2) is 24.7 Å². The fourth-order valence-corrected chi connectivity index (χ4v) is 5.35. The third-order valence-electron chi connectivity index (χ3n) is 3.59. The molecule has 0 radical (unpaired) electrons. The van der Waals surface area contributed by atoms with E-state index < -0.39 is 31.2 Å². The van der Waals surface area contributed by atoms with Crippen LogP contribution in [0.1, 0.15) is 13.8 Å². The number of hydrogen-bond acceptors (Lipinski definition) is 3. The van der Waals surface area contributed by atoms with Crippen molar-refractivity contribution in [2.45, 2.75) is 26.2 Å². The predicted molar refractivity (Wildman–Crippen MR) is 76.4 cm³/mol. The minimum atomic E-state index is -5.35. The Morgan fingerprint density at radius 1 is 0.833 bits per heavy atom. The van der Waals surface area contributed by atoms with Crippen molar-refractivity contribution in [3.8, 4) is 5.75 Å². The van der Waals surface area contributed by atoms with E-state index >= 15 is 0 Å². The van der Waals surface area contributed by atoms with Gasteiger partial charge in [0.25, 0.3) is 0 Å². The van der Waals surface area contributed by atoms with Crippen molar-refractivity contribution >= 4 is 7.28 Å². The van der Waals surface area contributed by atoms with Crippen molar-refractivity contribution in [2.75, 3.05) is 12.3 Å². The molecule has 10 heteroatoms. The van der Waals surface area contributed by atoms with Crippen LogP contribution in [0.2, 0.25) is 0 Å². The molecule has 1 aliphatic rings. The average Bonchev–Trinajstić information content (AvgIpc) is 2.86. The SMILES string of the molecule is CCP1(CC)(Oc2ccccc2)OC(C(F)(F)F)=C(C(F)(F)F)O1. The van der Waals surface area contributed by atoms with E-state index in [1.54, 1.807) is 6.07 Å². The van der Waals surface area contributed by atoms with E-state index in [-0.39, 0.29) is 18.1 Å². The molecule has 1 heterocycles. The van der Waals surface area contributed by atoms with Crippen molar-refractivity contribution in [2.24, 2.45) is 0 Å². The summed E-state index contributed by atoms with van der Waals surface area (Å²) >= 11 is 0. The summed E-state index contributed by atoms with van der Waals surface area (Å²) < 4.78 is 93.7. The fraction of sp³-hybridized carbons (Fsp3) is 0.429. The van der Waals surface area contributed by atoms with Crippen molar-refractivity contribution in [1.29, 1.82) is 0 Å². The maximum atomic E-state index is 13.1. The van der Waals surface area contributed by atoms with Gasteiger partial charge in [-0.2, -0.15) is 0 Å². The Morgan fingerprint density at radius 2 is 1.25 bits per heavy atom. The monoisotopic (exact) mass is 376 g/mol. The molecule has 1 aliphatic heterocycles. The van der Waals surface area contributed by atoms with Gasteiger partial charge in [-0.15, -0.1) is 0 Å². The number of rotatable bonds is 4. The summed E-state index contributed by atoms with van der Waals surface area (Å²) in [6, 6.07) is 7.51. The first kappa shape index (κ1) is 18.7. The van der Waals surface area contributed by atoms with Crippen molar-refractivity contribution in [3.05, 3.63) is 41.9 Å². The molecule has 1 aromatic carbocycles. The Balaban J connectivity index is 2.54. The van der Waals surface area contributed by atoms with Gasteiger partial charge >= 0.3 is 133 Å². The topological polar surface area (TPSA) is 27.7 Å². The summed E-state index contributed by atoms with van der Waals surface area (Å²) in [4.78, 5) is 0. The first-order chi connectivity index (χ1) is 10.9. The molecule has 0 aliphatic carbocycles. The zero-order chi connectivity index (χ0) is 18.3. The average molecular weight is 376 g/mol. The van der Waals surface area contributed by atoms with Crippen LogP contribution in [0.15, 0.2) is 41.9 Å². The van der Waals surface area contributed by atoms with Crippen molar-refractivity contribution in [1.82, 2.24) is 0 Å². The zero-order valence-electron chi connectivity index (χ0n) is 12.7. The normalized spacial score (nSPS) is 21.4. The van der Waals surface area contributed by atoms with Crippen LogP contribution in [0.4, 0.5) is 26.3 Å². The molecule has 24 heavy (non-hydrogen) atoms. The van der Waals surface area contributed by atoms with E-state index in [2.05, 4.69) is 0 Å². The van der Waals surface area contributed by atoms with E-state index in [0.717, 1.165) is 0 Å². The first-order valence-electron chi connectivity index (χ1n) is 7.00. The summed E-state index contributed by atoms with van der Waals surface area (Å²) in [5, 5.41) is 0. The molecule has 1 aromatic rings. The van der Waals surface area contributed by atoms with Gasteiger partial charge in [0.2, 0.25) is 0 Å². The van der Waals surface area contributed by atoms with Crippen LogP contribution in [-0.2, 0) is 9.05 Å². The van der Waals surface area contributed by atoms with Crippen LogP contribution >= 0.6 is 7.28 Å². The second-order valence-corrected chi connectivity index (χ2v) is 9.35. The van der Waals surface area contributed by atoms with E-state index in [0.29, 0.717) is 0 Å².